The minimum Gasteiger partial charge on any atom is -0.462 e. The van der Waals surface area contributed by atoms with Crippen molar-refractivity contribution in [3.8, 4) is 0 Å². The van der Waals surface area contributed by atoms with Crippen molar-refractivity contribution in [2.75, 3.05) is 13.2 Å². The van der Waals surface area contributed by atoms with E-state index in [1.807, 2.05) is 6.08 Å². The van der Waals surface area contributed by atoms with Crippen molar-refractivity contribution in [3.05, 3.63) is 85.1 Å². The highest BCUT2D eigenvalue weighted by atomic mass is 16.6. The van der Waals surface area contributed by atoms with Gasteiger partial charge >= 0.3 is 17.9 Å². The molecule has 6 heteroatoms. The van der Waals surface area contributed by atoms with E-state index in [0.29, 0.717) is 19.3 Å². The van der Waals surface area contributed by atoms with Crippen LogP contribution in [0.3, 0.4) is 0 Å². The molecular weight excluding hydrogens is 829 g/mol. The molecule has 0 aliphatic rings. The van der Waals surface area contributed by atoms with Gasteiger partial charge in [-0.15, -0.1) is 0 Å². The molecule has 0 aromatic carbocycles. The van der Waals surface area contributed by atoms with Crippen LogP contribution in [0, 0.1) is 0 Å². The van der Waals surface area contributed by atoms with Crippen molar-refractivity contribution in [3.63, 3.8) is 0 Å². The van der Waals surface area contributed by atoms with Crippen LogP contribution in [0.25, 0.3) is 0 Å². The number of unbranched alkanes of at least 4 members (excludes halogenated alkanes) is 25. The molecule has 0 rings (SSSR count). The summed E-state index contributed by atoms with van der Waals surface area (Å²) in [6.45, 7) is 6.51. The van der Waals surface area contributed by atoms with E-state index < -0.39 is 6.10 Å². The number of carbonyl (C=O) groups excluding carboxylic acids is 3. The lowest BCUT2D eigenvalue weighted by Crippen LogP contribution is -2.30. The van der Waals surface area contributed by atoms with Crippen LogP contribution in [0.4, 0.5) is 0 Å². The number of rotatable bonds is 50. The molecule has 0 amide bonds. The lowest BCUT2D eigenvalue weighted by atomic mass is 10.1. The Morgan fingerprint density at radius 1 is 0.299 bits per heavy atom. The number of hydrogen-bond acceptors (Lipinski definition) is 6. The molecule has 0 N–H and O–H groups in total. The lowest BCUT2D eigenvalue weighted by molar-refractivity contribution is -0.166. The smallest absolute Gasteiger partial charge is 0.306 e. The predicted octanol–water partition coefficient (Wildman–Crippen LogP) is 18.8. The van der Waals surface area contributed by atoms with Gasteiger partial charge in [0.15, 0.2) is 6.10 Å². The van der Waals surface area contributed by atoms with Crippen LogP contribution in [0.1, 0.15) is 265 Å². The maximum Gasteiger partial charge on any atom is 0.306 e. The molecule has 0 heterocycles. The van der Waals surface area contributed by atoms with Crippen LogP contribution in [-0.2, 0) is 28.6 Å². The average Bonchev–Trinajstić information content (AvgIpc) is 3.33. The average molecular weight is 933 g/mol. The Morgan fingerprint density at radius 3 is 1.01 bits per heavy atom. The van der Waals surface area contributed by atoms with E-state index in [0.717, 1.165) is 57.8 Å². The largest absolute Gasteiger partial charge is 0.462 e. The summed E-state index contributed by atoms with van der Waals surface area (Å²) in [7, 11) is 0. The van der Waals surface area contributed by atoms with Gasteiger partial charge in [-0.3, -0.25) is 14.4 Å². The summed E-state index contributed by atoms with van der Waals surface area (Å²) >= 11 is 0. The second kappa shape index (κ2) is 55.2. The molecule has 6 nitrogen and oxygen atoms in total. The van der Waals surface area contributed by atoms with Gasteiger partial charge in [-0.2, -0.15) is 0 Å². The topological polar surface area (TPSA) is 78.9 Å². The van der Waals surface area contributed by atoms with Gasteiger partial charge in [0.1, 0.15) is 13.2 Å². The normalized spacial score (nSPS) is 12.7. The first-order valence-electron chi connectivity index (χ1n) is 28.1. The molecule has 0 aromatic heterocycles. The van der Waals surface area contributed by atoms with Crippen LogP contribution >= 0.6 is 0 Å². The summed E-state index contributed by atoms with van der Waals surface area (Å²) < 4.78 is 16.7. The van der Waals surface area contributed by atoms with Crippen molar-refractivity contribution in [2.24, 2.45) is 0 Å². The number of allylic oxidation sites excluding steroid dienone is 14. The zero-order valence-electron chi connectivity index (χ0n) is 43.9. The highest BCUT2D eigenvalue weighted by molar-refractivity contribution is 5.71. The quantitative estimate of drug-likeness (QED) is 0.0262. The van der Waals surface area contributed by atoms with Crippen molar-refractivity contribution in [2.45, 2.75) is 271 Å². The van der Waals surface area contributed by atoms with Crippen LogP contribution in [0.5, 0.6) is 0 Å². The Hall–Kier alpha value is -3.41. The van der Waals surface area contributed by atoms with E-state index in [1.54, 1.807) is 0 Å². The Balaban J connectivity index is 4.50. The summed E-state index contributed by atoms with van der Waals surface area (Å²) in [5.74, 6) is -1.05. The Bertz CT molecular complexity index is 1300. The molecule has 0 spiro atoms. The maximum atomic E-state index is 12.8. The van der Waals surface area contributed by atoms with Gasteiger partial charge in [-0.25, -0.2) is 0 Å². The molecule has 67 heavy (non-hydrogen) atoms. The number of esters is 3. The van der Waals surface area contributed by atoms with Crippen molar-refractivity contribution >= 4 is 17.9 Å². The van der Waals surface area contributed by atoms with Crippen LogP contribution in [0.15, 0.2) is 85.1 Å². The Morgan fingerprint density at radius 2 is 0.582 bits per heavy atom. The molecular formula is C61H104O6. The molecule has 0 fully saturated rings. The monoisotopic (exact) mass is 933 g/mol. The predicted molar refractivity (Wildman–Crippen MR) is 288 cm³/mol. The third kappa shape index (κ3) is 53.4. The fourth-order valence-electron chi connectivity index (χ4n) is 7.60. The molecule has 1 unspecified atom stereocenters. The molecule has 384 valence electrons. The summed E-state index contributed by atoms with van der Waals surface area (Å²) in [6.07, 6.45) is 71.6. The SMILES string of the molecule is CCCCC/C=C/C/C=C/C/C=C/C/C=C/CCCC(=O)OC(COC(=O)CC/C=C/C/C=C/CCCCCCCC)COC(=O)CCCCCCCCC/C=C/CCCCCCCCCC. The summed E-state index contributed by atoms with van der Waals surface area (Å²) in [5.41, 5.74) is 0. The fourth-order valence-corrected chi connectivity index (χ4v) is 7.60. The maximum absolute atomic E-state index is 12.8. The highest BCUT2D eigenvalue weighted by Gasteiger charge is 2.19. The zero-order chi connectivity index (χ0) is 48.6. The fraction of sp³-hybridized carbons (Fsp3) is 0.721. The minimum atomic E-state index is -0.829. The highest BCUT2D eigenvalue weighted by Crippen LogP contribution is 2.14. The molecule has 0 saturated heterocycles. The first-order valence-corrected chi connectivity index (χ1v) is 28.1. The summed E-state index contributed by atoms with van der Waals surface area (Å²) in [4.78, 5) is 38.0. The Labute approximate surface area is 414 Å². The first kappa shape index (κ1) is 63.6. The van der Waals surface area contributed by atoms with Gasteiger partial charge < -0.3 is 14.2 Å². The third-order valence-corrected chi connectivity index (χ3v) is 11.9. The third-order valence-electron chi connectivity index (χ3n) is 11.9. The van der Waals surface area contributed by atoms with Gasteiger partial charge in [-0.1, -0.05) is 228 Å². The lowest BCUT2D eigenvalue weighted by Gasteiger charge is -2.18. The number of ether oxygens (including phenoxy) is 3. The van der Waals surface area contributed by atoms with Gasteiger partial charge in [0, 0.05) is 19.3 Å². The molecule has 0 aliphatic heterocycles. The van der Waals surface area contributed by atoms with Gasteiger partial charge in [-0.05, 0) is 103 Å². The molecule has 0 aliphatic carbocycles. The van der Waals surface area contributed by atoms with Crippen LogP contribution < -0.4 is 0 Å². The van der Waals surface area contributed by atoms with Gasteiger partial charge in [0.2, 0.25) is 0 Å². The Kier molecular flexibility index (Phi) is 52.4. The molecule has 1 atom stereocenters. The zero-order valence-corrected chi connectivity index (χ0v) is 43.9. The van der Waals surface area contributed by atoms with Crippen LogP contribution in [-0.4, -0.2) is 37.2 Å². The van der Waals surface area contributed by atoms with Gasteiger partial charge in [0.05, 0.1) is 0 Å². The second-order valence-corrected chi connectivity index (χ2v) is 18.5. The van der Waals surface area contributed by atoms with Crippen molar-refractivity contribution in [1.82, 2.24) is 0 Å². The van der Waals surface area contributed by atoms with E-state index in [-0.39, 0.29) is 44.0 Å². The van der Waals surface area contributed by atoms with Crippen LogP contribution in [0.2, 0.25) is 0 Å². The van der Waals surface area contributed by atoms with E-state index in [2.05, 4.69) is 99.8 Å². The van der Waals surface area contributed by atoms with E-state index in [4.69, 9.17) is 14.2 Å². The minimum absolute atomic E-state index is 0.117. The van der Waals surface area contributed by atoms with E-state index >= 15 is 0 Å². The van der Waals surface area contributed by atoms with Crippen molar-refractivity contribution < 1.29 is 28.6 Å². The first-order chi connectivity index (χ1) is 33.0. The number of carbonyl (C=O) groups is 3. The number of hydrogen-bond donors (Lipinski definition) is 0. The summed E-state index contributed by atoms with van der Waals surface area (Å²) in [5, 5.41) is 0. The molecule has 0 saturated carbocycles. The molecule has 0 radical (unpaired) electrons. The molecule has 0 bridgehead atoms. The van der Waals surface area contributed by atoms with Gasteiger partial charge in [0.25, 0.3) is 0 Å². The van der Waals surface area contributed by atoms with Crippen molar-refractivity contribution in [1.29, 1.82) is 0 Å². The standard InChI is InChI=1S/C61H104O6/c1-4-7-10-13-16-19-22-25-27-29-30-32-33-36-39-42-45-48-51-54-60(63)66-57-58(56-65-59(62)53-50-47-44-41-38-35-24-21-18-15-12-9-6-3)67-61(64)55-52-49-46-43-40-37-34-31-28-26-23-20-17-14-11-8-5-2/h17,20,26,28-30,34-35,37-38,43-44,46-47,58H,4-16,18-19,21-25,27,31-33,36,39-42,45,48-57H2,1-3H3/b20-17+,28-26+,30-29+,37-34+,38-35+,46-43+,47-44+. The summed E-state index contributed by atoms with van der Waals surface area (Å²) in [6, 6.07) is 0. The van der Waals surface area contributed by atoms with E-state index in [1.165, 1.54) is 154 Å². The second-order valence-electron chi connectivity index (χ2n) is 18.5. The van der Waals surface area contributed by atoms with E-state index in [9.17, 15) is 14.4 Å². The molecule has 0 aromatic rings.